The molecular formula is C14H13N7O3. The number of anilines is 2. The zero-order valence-corrected chi connectivity index (χ0v) is 12.6. The van der Waals surface area contributed by atoms with Crippen molar-refractivity contribution in [2.45, 2.75) is 6.92 Å². The molecule has 0 bridgehead atoms. The molecule has 1 amide bonds. The van der Waals surface area contributed by atoms with Gasteiger partial charge in [0.15, 0.2) is 17.0 Å². The van der Waals surface area contributed by atoms with Crippen LogP contribution >= 0.6 is 0 Å². The number of nitrogens with two attached hydrogens (primary N) is 1. The van der Waals surface area contributed by atoms with Crippen LogP contribution in [0.3, 0.4) is 0 Å². The molecule has 0 aliphatic carbocycles. The lowest BCUT2D eigenvalue weighted by atomic mass is 10.3. The van der Waals surface area contributed by atoms with Crippen molar-refractivity contribution in [3.05, 3.63) is 42.2 Å². The van der Waals surface area contributed by atoms with Gasteiger partial charge >= 0.3 is 5.97 Å². The van der Waals surface area contributed by atoms with Crippen LogP contribution in [0.5, 0.6) is 0 Å². The lowest BCUT2D eigenvalue weighted by Gasteiger charge is -2.07. The molecule has 0 aromatic carbocycles. The number of hydrogen-bond donors (Lipinski definition) is 2. The maximum absolute atomic E-state index is 12.3. The molecule has 0 unspecified atom stereocenters. The molecule has 3 N–H and O–H groups in total. The molecule has 10 heteroatoms. The average Bonchev–Trinajstić information content (AvgIpc) is 3.01. The van der Waals surface area contributed by atoms with E-state index in [1.54, 1.807) is 25.3 Å². The Bertz CT molecular complexity index is 907. The van der Waals surface area contributed by atoms with Gasteiger partial charge in [0.1, 0.15) is 12.1 Å². The number of aromatic nitrogens is 5. The Labute approximate surface area is 135 Å². The number of carbonyl (C=O) groups is 2. The molecule has 122 valence electrons. The SMILES string of the molecule is CCOC(=O)c1ncn2c(N)c(C(=O)Nc3cccnc3)nnc12. The molecule has 3 aromatic rings. The van der Waals surface area contributed by atoms with Crippen molar-refractivity contribution in [1.82, 2.24) is 24.6 Å². The highest BCUT2D eigenvalue weighted by Crippen LogP contribution is 2.16. The summed E-state index contributed by atoms with van der Waals surface area (Å²) in [6.45, 7) is 1.88. The Morgan fingerprint density at radius 2 is 2.17 bits per heavy atom. The molecule has 0 radical (unpaired) electrons. The molecule has 0 aliphatic rings. The largest absolute Gasteiger partial charge is 0.461 e. The van der Waals surface area contributed by atoms with Gasteiger partial charge in [0, 0.05) is 6.20 Å². The second-order valence-corrected chi connectivity index (χ2v) is 4.64. The topological polar surface area (TPSA) is 137 Å². The van der Waals surface area contributed by atoms with Gasteiger partial charge in [0.25, 0.3) is 5.91 Å². The summed E-state index contributed by atoms with van der Waals surface area (Å²) in [4.78, 5) is 31.9. The van der Waals surface area contributed by atoms with E-state index in [0.29, 0.717) is 5.69 Å². The summed E-state index contributed by atoms with van der Waals surface area (Å²) < 4.78 is 6.18. The Morgan fingerprint density at radius 1 is 1.33 bits per heavy atom. The zero-order valence-electron chi connectivity index (χ0n) is 12.6. The summed E-state index contributed by atoms with van der Waals surface area (Å²) in [5.41, 5.74) is 6.44. The number of nitrogen functional groups attached to an aromatic ring is 1. The van der Waals surface area contributed by atoms with Crippen LogP contribution in [0, 0.1) is 0 Å². The first kappa shape index (κ1) is 15.3. The van der Waals surface area contributed by atoms with Crippen molar-refractivity contribution in [1.29, 1.82) is 0 Å². The van der Waals surface area contributed by atoms with E-state index in [2.05, 4.69) is 25.5 Å². The number of nitrogens with one attached hydrogen (secondary N) is 1. The number of nitrogens with zero attached hydrogens (tertiary/aromatic N) is 5. The third-order valence-corrected chi connectivity index (χ3v) is 3.09. The van der Waals surface area contributed by atoms with Gasteiger partial charge in [-0.25, -0.2) is 9.78 Å². The molecule has 10 nitrogen and oxygen atoms in total. The minimum atomic E-state index is -0.638. The monoisotopic (exact) mass is 327 g/mol. The van der Waals surface area contributed by atoms with Crippen LogP contribution in [0.25, 0.3) is 5.65 Å². The fraction of sp³-hybridized carbons (Fsp3) is 0.143. The third kappa shape index (κ3) is 2.72. The van der Waals surface area contributed by atoms with Gasteiger partial charge in [-0.1, -0.05) is 0 Å². The van der Waals surface area contributed by atoms with Gasteiger partial charge in [-0.3, -0.25) is 14.2 Å². The molecule has 3 aromatic heterocycles. The smallest absolute Gasteiger partial charge is 0.360 e. The summed E-state index contributed by atoms with van der Waals surface area (Å²) in [5.74, 6) is -1.19. The molecule has 3 heterocycles. The van der Waals surface area contributed by atoms with Crippen LogP contribution in [0.1, 0.15) is 27.9 Å². The van der Waals surface area contributed by atoms with Gasteiger partial charge in [-0.15, -0.1) is 10.2 Å². The van der Waals surface area contributed by atoms with Gasteiger partial charge in [-0.2, -0.15) is 0 Å². The first-order valence-electron chi connectivity index (χ1n) is 6.99. The second kappa shape index (κ2) is 6.28. The third-order valence-electron chi connectivity index (χ3n) is 3.09. The number of esters is 1. The molecule has 0 saturated carbocycles. The van der Waals surface area contributed by atoms with E-state index in [9.17, 15) is 9.59 Å². The molecule has 24 heavy (non-hydrogen) atoms. The van der Waals surface area contributed by atoms with Gasteiger partial charge in [0.05, 0.1) is 18.5 Å². The van der Waals surface area contributed by atoms with Crippen LogP contribution < -0.4 is 11.1 Å². The summed E-state index contributed by atoms with van der Waals surface area (Å²) in [6.07, 6.45) is 4.35. The van der Waals surface area contributed by atoms with Gasteiger partial charge in [0.2, 0.25) is 0 Å². The number of hydrogen-bond acceptors (Lipinski definition) is 8. The number of carbonyl (C=O) groups excluding carboxylic acids is 2. The fourth-order valence-electron chi connectivity index (χ4n) is 2.01. The van der Waals surface area contributed by atoms with E-state index < -0.39 is 11.9 Å². The van der Waals surface area contributed by atoms with Crippen LogP contribution in [-0.2, 0) is 4.74 Å². The van der Waals surface area contributed by atoms with Gasteiger partial charge in [-0.05, 0) is 19.1 Å². The van der Waals surface area contributed by atoms with Crippen LogP contribution in [0.15, 0.2) is 30.9 Å². The predicted molar refractivity (Wildman–Crippen MR) is 83.3 cm³/mol. The van der Waals surface area contributed by atoms with Crippen molar-refractivity contribution in [3.8, 4) is 0 Å². The zero-order chi connectivity index (χ0) is 17.1. The van der Waals surface area contributed by atoms with Crippen molar-refractivity contribution in [2.75, 3.05) is 17.7 Å². The fourth-order valence-corrected chi connectivity index (χ4v) is 2.01. The number of rotatable bonds is 4. The lowest BCUT2D eigenvalue weighted by molar-refractivity contribution is 0.0522. The second-order valence-electron chi connectivity index (χ2n) is 4.64. The summed E-state index contributed by atoms with van der Waals surface area (Å²) >= 11 is 0. The molecular weight excluding hydrogens is 314 g/mol. The summed E-state index contributed by atoms with van der Waals surface area (Å²) in [6, 6.07) is 3.35. The van der Waals surface area contributed by atoms with Crippen LogP contribution in [0.4, 0.5) is 11.5 Å². The number of ether oxygens (including phenoxy) is 1. The molecule has 3 rings (SSSR count). The summed E-state index contributed by atoms with van der Waals surface area (Å²) in [7, 11) is 0. The normalized spacial score (nSPS) is 10.5. The molecule has 0 saturated heterocycles. The number of fused-ring (bicyclic) bond motifs is 1. The first-order valence-corrected chi connectivity index (χ1v) is 6.99. The Balaban J connectivity index is 1.94. The number of imidazole rings is 1. The van der Waals surface area contributed by atoms with E-state index in [-0.39, 0.29) is 29.5 Å². The van der Waals surface area contributed by atoms with E-state index >= 15 is 0 Å². The highest BCUT2D eigenvalue weighted by atomic mass is 16.5. The average molecular weight is 327 g/mol. The highest BCUT2D eigenvalue weighted by Gasteiger charge is 2.21. The van der Waals surface area contributed by atoms with Gasteiger partial charge < -0.3 is 15.8 Å². The predicted octanol–water partition coefficient (Wildman–Crippen LogP) is 0.530. The van der Waals surface area contributed by atoms with Crippen LogP contribution in [-0.4, -0.2) is 43.0 Å². The number of amides is 1. The van der Waals surface area contributed by atoms with Crippen molar-refractivity contribution in [3.63, 3.8) is 0 Å². The van der Waals surface area contributed by atoms with E-state index in [0.717, 1.165) is 0 Å². The Kier molecular flexibility index (Phi) is 4.01. The maximum atomic E-state index is 12.3. The molecule has 0 spiro atoms. The van der Waals surface area contributed by atoms with E-state index in [4.69, 9.17) is 10.5 Å². The van der Waals surface area contributed by atoms with Crippen molar-refractivity contribution in [2.24, 2.45) is 0 Å². The van der Waals surface area contributed by atoms with Crippen molar-refractivity contribution >= 4 is 29.0 Å². The molecule has 0 fully saturated rings. The highest BCUT2D eigenvalue weighted by molar-refractivity contribution is 6.06. The van der Waals surface area contributed by atoms with E-state index in [1.807, 2.05) is 0 Å². The molecule has 0 aliphatic heterocycles. The van der Waals surface area contributed by atoms with Crippen molar-refractivity contribution < 1.29 is 14.3 Å². The minimum Gasteiger partial charge on any atom is -0.461 e. The minimum absolute atomic E-state index is 0.00411. The maximum Gasteiger partial charge on any atom is 0.360 e. The van der Waals surface area contributed by atoms with E-state index in [1.165, 1.54) is 16.9 Å². The first-order chi connectivity index (χ1) is 11.6. The number of pyridine rings is 1. The summed E-state index contributed by atoms with van der Waals surface area (Å²) in [5, 5.41) is 10.3. The Hall–Kier alpha value is -3.56. The molecule has 0 atom stereocenters. The quantitative estimate of drug-likeness (QED) is 0.662. The lowest BCUT2D eigenvalue weighted by Crippen LogP contribution is -2.19. The van der Waals surface area contributed by atoms with Crippen LogP contribution in [0.2, 0.25) is 0 Å². The Morgan fingerprint density at radius 3 is 2.88 bits per heavy atom. The standard InChI is InChI=1S/C14H13N7O3/c1-2-24-14(23)10-12-20-19-9(11(15)21(12)7-17-10)13(22)18-8-4-3-5-16-6-8/h3-7H,2,15H2,1H3,(H,18,22).